The van der Waals surface area contributed by atoms with Crippen LogP contribution in [0.4, 0.5) is 0 Å². The molecule has 1 saturated carbocycles. The van der Waals surface area contributed by atoms with E-state index < -0.39 is 0 Å². The molecule has 0 unspecified atom stereocenters. The van der Waals surface area contributed by atoms with Gasteiger partial charge in [-0.1, -0.05) is 33.8 Å². The summed E-state index contributed by atoms with van der Waals surface area (Å²) in [6.07, 6.45) is 0.831. The number of halogens is 1. The number of imidazole rings is 1. The molecule has 1 fully saturated rings. The summed E-state index contributed by atoms with van der Waals surface area (Å²) in [6, 6.07) is 7.01. The fourth-order valence-corrected chi connectivity index (χ4v) is 3.78. The van der Waals surface area contributed by atoms with Crippen molar-refractivity contribution in [3.63, 3.8) is 0 Å². The van der Waals surface area contributed by atoms with Gasteiger partial charge in [0.05, 0.1) is 11.0 Å². The van der Waals surface area contributed by atoms with Crippen LogP contribution in [0.15, 0.2) is 18.2 Å². The lowest BCUT2D eigenvalue weighted by atomic mass is 10.0. The first-order valence-corrected chi connectivity index (χ1v) is 7.87. The maximum Gasteiger partial charge on any atom is 0.111 e. The van der Waals surface area contributed by atoms with E-state index in [0.29, 0.717) is 22.8 Å². The van der Waals surface area contributed by atoms with E-state index >= 15 is 0 Å². The molecular formula is C17H23ClN2. The maximum absolute atomic E-state index is 5.98. The number of hydrogen-bond acceptors (Lipinski definition) is 1. The van der Waals surface area contributed by atoms with E-state index in [1.54, 1.807) is 0 Å². The molecule has 1 aromatic heterocycles. The fourth-order valence-electron chi connectivity index (χ4n) is 3.61. The van der Waals surface area contributed by atoms with Gasteiger partial charge in [-0.2, -0.15) is 0 Å². The normalized spacial score (nSPS) is 20.5. The number of rotatable bonds is 3. The zero-order valence-corrected chi connectivity index (χ0v) is 13.8. The smallest absolute Gasteiger partial charge is 0.111 e. The molecule has 1 aliphatic rings. The Morgan fingerprint density at radius 3 is 2.40 bits per heavy atom. The van der Waals surface area contributed by atoms with Crippen molar-refractivity contribution in [1.29, 1.82) is 0 Å². The van der Waals surface area contributed by atoms with E-state index in [2.05, 4.69) is 57.4 Å². The van der Waals surface area contributed by atoms with Crippen LogP contribution in [0.2, 0.25) is 0 Å². The Labute approximate surface area is 126 Å². The predicted octanol–water partition coefficient (Wildman–Crippen LogP) is 4.73. The van der Waals surface area contributed by atoms with E-state index in [1.807, 2.05) is 0 Å². The van der Waals surface area contributed by atoms with Gasteiger partial charge in [-0.15, -0.1) is 11.6 Å². The first-order chi connectivity index (χ1) is 9.30. The first kappa shape index (κ1) is 13.9. The molecule has 0 amide bonds. The van der Waals surface area contributed by atoms with Crippen molar-refractivity contribution in [2.45, 2.75) is 47.1 Å². The minimum atomic E-state index is 0.297. The number of aryl methyl sites for hydroxylation is 2. The van der Waals surface area contributed by atoms with Crippen LogP contribution in [-0.2, 0) is 6.42 Å². The first-order valence-electron chi connectivity index (χ1n) is 7.34. The van der Waals surface area contributed by atoms with Crippen LogP contribution < -0.4 is 0 Å². The lowest BCUT2D eigenvalue weighted by Crippen LogP contribution is -2.07. The highest BCUT2D eigenvalue weighted by atomic mass is 35.5. The van der Waals surface area contributed by atoms with Crippen molar-refractivity contribution >= 4 is 22.6 Å². The SMILES string of the molecule is Cc1ccc2nc(CCCl)n(C3C(C)(C)C3(C)C)c2c1. The van der Waals surface area contributed by atoms with Crippen LogP contribution in [0, 0.1) is 17.8 Å². The Morgan fingerprint density at radius 2 is 1.85 bits per heavy atom. The third-order valence-corrected chi connectivity index (χ3v) is 5.63. The number of nitrogens with zero attached hydrogens (tertiary/aromatic N) is 2. The minimum absolute atomic E-state index is 0.297. The summed E-state index contributed by atoms with van der Waals surface area (Å²) in [5, 5.41) is 0. The van der Waals surface area contributed by atoms with Gasteiger partial charge in [0.25, 0.3) is 0 Å². The Bertz CT molecular complexity index is 653. The molecule has 0 spiro atoms. The number of alkyl halides is 1. The molecule has 0 bridgehead atoms. The number of aromatic nitrogens is 2. The van der Waals surface area contributed by atoms with Crippen molar-refractivity contribution in [2.75, 3.05) is 5.88 Å². The number of fused-ring (bicyclic) bond motifs is 1. The Morgan fingerprint density at radius 1 is 1.20 bits per heavy atom. The second kappa shape index (κ2) is 4.24. The number of benzene rings is 1. The van der Waals surface area contributed by atoms with Gasteiger partial charge in [0.2, 0.25) is 0 Å². The predicted molar refractivity (Wildman–Crippen MR) is 85.5 cm³/mol. The van der Waals surface area contributed by atoms with E-state index in [1.165, 1.54) is 11.1 Å². The summed E-state index contributed by atoms with van der Waals surface area (Å²) in [4.78, 5) is 4.81. The molecule has 2 nitrogen and oxygen atoms in total. The van der Waals surface area contributed by atoms with Gasteiger partial charge in [0, 0.05) is 18.3 Å². The quantitative estimate of drug-likeness (QED) is 0.747. The molecule has 3 heteroatoms. The van der Waals surface area contributed by atoms with Gasteiger partial charge in [0.1, 0.15) is 5.82 Å². The molecule has 0 saturated heterocycles. The highest BCUT2D eigenvalue weighted by Crippen LogP contribution is 2.72. The Balaban J connectivity index is 2.22. The molecular weight excluding hydrogens is 268 g/mol. The third-order valence-electron chi connectivity index (χ3n) is 5.44. The summed E-state index contributed by atoms with van der Waals surface area (Å²) in [5.74, 6) is 1.75. The van der Waals surface area contributed by atoms with Crippen LogP contribution in [0.25, 0.3) is 11.0 Å². The largest absolute Gasteiger partial charge is 0.324 e. The average Bonchev–Trinajstić information content (AvgIpc) is 2.65. The molecule has 2 aromatic rings. The summed E-state index contributed by atoms with van der Waals surface area (Å²) >= 11 is 5.98. The highest BCUT2D eigenvalue weighted by molar-refractivity contribution is 6.17. The third kappa shape index (κ3) is 1.74. The van der Waals surface area contributed by atoms with E-state index in [4.69, 9.17) is 16.6 Å². The molecule has 0 aliphatic heterocycles. The lowest BCUT2D eigenvalue weighted by molar-refractivity contribution is 0.457. The van der Waals surface area contributed by atoms with Crippen molar-refractivity contribution in [2.24, 2.45) is 10.8 Å². The van der Waals surface area contributed by atoms with Crippen LogP contribution in [0.5, 0.6) is 0 Å². The van der Waals surface area contributed by atoms with Crippen LogP contribution >= 0.6 is 11.6 Å². The molecule has 3 rings (SSSR count). The van der Waals surface area contributed by atoms with E-state index in [9.17, 15) is 0 Å². The molecule has 1 aliphatic carbocycles. The fraction of sp³-hybridized carbons (Fsp3) is 0.588. The molecule has 108 valence electrons. The molecule has 20 heavy (non-hydrogen) atoms. The Hall–Kier alpha value is -1.02. The van der Waals surface area contributed by atoms with Crippen LogP contribution in [0.1, 0.15) is 45.1 Å². The summed E-state index contributed by atoms with van der Waals surface area (Å²) < 4.78 is 2.45. The monoisotopic (exact) mass is 290 g/mol. The topological polar surface area (TPSA) is 17.8 Å². The zero-order valence-electron chi connectivity index (χ0n) is 13.0. The van der Waals surface area contributed by atoms with Gasteiger partial charge >= 0.3 is 0 Å². The highest BCUT2D eigenvalue weighted by Gasteiger charge is 2.66. The Kier molecular flexibility index (Phi) is 2.95. The van der Waals surface area contributed by atoms with E-state index in [-0.39, 0.29) is 0 Å². The average molecular weight is 291 g/mol. The van der Waals surface area contributed by atoms with Crippen molar-refractivity contribution in [3.8, 4) is 0 Å². The molecule has 1 heterocycles. The minimum Gasteiger partial charge on any atom is -0.324 e. The molecule has 0 N–H and O–H groups in total. The summed E-state index contributed by atoms with van der Waals surface area (Å²) in [7, 11) is 0. The summed E-state index contributed by atoms with van der Waals surface area (Å²) in [6.45, 7) is 11.5. The van der Waals surface area contributed by atoms with Gasteiger partial charge in [-0.05, 0) is 35.4 Å². The lowest BCUT2D eigenvalue weighted by Gasteiger charge is -2.11. The second-order valence-corrected chi connectivity index (χ2v) is 7.55. The second-order valence-electron chi connectivity index (χ2n) is 7.18. The van der Waals surface area contributed by atoms with Gasteiger partial charge in [-0.25, -0.2) is 4.98 Å². The zero-order chi connectivity index (χ0) is 14.7. The van der Waals surface area contributed by atoms with Crippen molar-refractivity contribution < 1.29 is 0 Å². The number of hydrogen-bond donors (Lipinski definition) is 0. The van der Waals surface area contributed by atoms with Gasteiger partial charge < -0.3 is 4.57 Å². The van der Waals surface area contributed by atoms with Gasteiger partial charge in [-0.3, -0.25) is 0 Å². The summed E-state index contributed by atoms with van der Waals surface area (Å²) in [5.41, 5.74) is 4.23. The van der Waals surface area contributed by atoms with Gasteiger partial charge in [0.15, 0.2) is 0 Å². The molecule has 1 aromatic carbocycles. The van der Waals surface area contributed by atoms with Crippen molar-refractivity contribution in [1.82, 2.24) is 9.55 Å². The van der Waals surface area contributed by atoms with E-state index in [0.717, 1.165) is 17.8 Å². The van der Waals surface area contributed by atoms with Crippen LogP contribution in [0.3, 0.4) is 0 Å². The molecule has 0 atom stereocenters. The molecule has 0 radical (unpaired) electrons. The van der Waals surface area contributed by atoms with Crippen molar-refractivity contribution in [3.05, 3.63) is 29.6 Å². The van der Waals surface area contributed by atoms with Crippen LogP contribution in [-0.4, -0.2) is 15.4 Å². The standard InChI is InChI=1S/C17H23ClN2/c1-11-6-7-12-13(10-11)20(14(19-12)8-9-18)15-16(2,3)17(15,4)5/h6-7,10,15H,8-9H2,1-5H3. The maximum atomic E-state index is 5.98.